The summed E-state index contributed by atoms with van der Waals surface area (Å²) in [6.07, 6.45) is 3.29. The van der Waals surface area contributed by atoms with E-state index >= 15 is 0 Å². The SMILES string of the molecule is NC(=O)C1CCCN(C(=O)c2cn(-c3ccccc3)nc2-c2cccs2)C1. The molecule has 0 saturated carbocycles. The van der Waals surface area contributed by atoms with Gasteiger partial charge in [-0.3, -0.25) is 9.59 Å². The van der Waals surface area contributed by atoms with Crippen LogP contribution in [0.4, 0.5) is 0 Å². The molecule has 1 aromatic carbocycles. The van der Waals surface area contributed by atoms with Crippen molar-refractivity contribution in [2.45, 2.75) is 12.8 Å². The van der Waals surface area contributed by atoms with Gasteiger partial charge in [0, 0.05) is 19.3 Å². The minimum Gasteiger partial charge on any atom is -0.369 e. The van der Waals surface area contributed by atoms with Crippen LogP contribution in [0.1, 0.15) is 23.2 Å². The third-order valence-electron chi connectivity index (χ3n) is 4.83. The van der Waals surface area contributed by atoms with Gasteiger partial charge in [-0.1, -0.05) is 24.3 Å². The average molecular weight is 380 g/mol. The number of nitrogens with zero attached hydrogens (tertiary/aromatic N) is 3. The molecule has 1 fully saturated rings. The first-order chi connectivity index (χ1) is 13.1. The van der Waals surface area contributed by atoms with Gasteiger partial charge in [0.25, 0.3) is 5.91 Å². The summed E-state index contributed by atoms with van der Waals surface area (Å²) in [6, 6.07) is 13.6. The lowest BCUT2D eigenvalue weighted by molar-refractivity contribution is -0.123. The van der Waals surface area contributed by atoms with Crippen molar-refractivity contribution >= 4 is 23.2 Å². The molecule has 1 unspecified atom stereocenters. The number of carbonyl (C=O) groups is 2. The number of hydrogen-bond acceptors (Lipinski definition) is 4. The fraction of sp³-hybridized carbons (Fsp3) is 0.250. The first kappa shape index (κ1) is 17.5. The highest BCUT2D eigenvalue weighted by Gasteiger charge is 2.30. The second kappa shape index (κ2) is 7.36. The van der Waals surface area contributed by atoms with Crippen LogP contribution >= 0.6 is 11.3 Å². The molecule has 3 aromatic rings. The second-order valence-corrected chi connectivity index (χ2v) is 7.59. The molecule has 2 aromatic heterocycles. The van der Waals surface area contributed by atoms with Crippen molar-refractivity contribution < 1.29 is 9.59 Å². The lowest BCUT2D eigenvalue weighted by Gasteiger charge is -2.31. The molecular formula is C20H20N4O2S. The minimum absolute atomic E-state index is 0.105. The summed E-state index contributed by atoms with van der Waals surface area (Å²) < 4.78 is 1.73. The molecule has 2 amide bonds. The topological polar surface area (TPSA) is 81.2 Å². The van der Waals surface area contributed by atoms with E-state index in [2.05, 4.69) is 5.10 Å². The Kier molecular flexibility index (Phi) is 4.77. The number of carbonyl (C=O) groups excluding carboxylic acids is 2. The van der Waals surface area contributed by atoms with Crippen molar-refractivity contribution in [3.8, 4) is 16.3 Å². The van der Waals surface area contributed by atoms with Crippen LogP contribution in [0.5, 0.6) is 0 Å². The summed E-state index contributed by atoms with van der Waals surface area (Å²) in [6.45, 7) is 0.998. The molecule has 7 heteroatoms. The highest BCUT2D eigenvalue weighted by atomic mass is 32.1. The number of thiophene rings is 1. The summed E-state index contributed by atoms with van der Waals surface area (Å²) >= 11 is 1.55. The molecule has 0 aliphatic carbocycles. The molecule has 4 rings (SSSR count). The Morgan fingerprint density at radius 2 is 1.96 bits per heavy atom. The van der Waals surface area contributed by atoms with Gasteiger partial charge >= 0.3 is 0 Å². The van der Waals surface area contributed by atoms with Crippen LogP contribution in [0.2, 0.25) is 0 Å². The van der Waals surface area contributed by atoms with E-state index in [1.54, 1.807) is 27.1 Å². The van der Waals surface area contributed by atoms with Crippen molar-refractivity contribution in [3.05, 3.63) is 59.6 Å². The lowest BCUT2D eigenvalue weighted by Crippen LogP contribution is -2.44. The Bertz CT molecular complexity index is 950. The van der Waals surface area contributed by atoms with Gasteiger partial charge in [0.15, 0.2) is 0 Å². The van der Waals surface area contributed by atoms with Crippen molar-refractivity contribution in [2.75, 3.05) is 13.1 Å². The quantitative estimate of drug-likeness (QED) is 0.756. The number of benzene rings is 1. The molecule has 0 bridgehead atoms. The zero-order valence-corrected chi connectivity index (χ0v) is 15.6. The predicted molar refractivity (Wildman–Crippen MR) is 105 cm³/mol. The monoisotopic (exact) mass is 380 g/mol. The van der Waals surface area contributed by atoms with E-state index in [0.29, 0.717) is 24.3 Å². The summed E-state index contributed by atoms with van der Waals surface area (Å²) in [5.74, 6) is -0.727. The van der Waals surface area contributed by atoms with Gasteiger partial charge < -0.3 is 10.6 Å². The van der Waals surface area contributed by atoms with Gasteiger partial charge in [0.1, 0.15) is 5.69 Å². The third-order valence-corrected chi connectivity index (χ3v) is 5.71. The largest absolute Gasteiger partial charge is 0.369 e. The molecule has 2 N–H and O–H groups in total. The first-order valence-electron chi connectivity index (χ1n) is 8.91. The van der Waals surface area contributed by atoms with Crippen LogP contribution in [0.15, 0.2) is 54.0 Å². The number of primary amides is 1. The standard InChI is InChI=1S/C20H20N4O2S/c21-19(25)14-6-4-10-23(12-14)20(26)16-13-24(15-7-2-1-3-8-15)22-18(16)17-9-5-11-27-17/h1-3,5,7-9,11,13-14H,4,6,10,12H2,(H2,21,25). The Morgan fingerprint density at radius 3 is 2.67 bits per heavy atom. The van der Waals surface area contributed by atoms with E-state index in [1.807, 2.05) is 47.8 Å². The van der Waals surface area contributed by atoms with Gasteiger partial charge in [0.05, 0.1) is 22.0 Å². The van der Waals surface area contributed by atoms with Gasteiger partial charge in [-0.2, -0.15) is 5.10 Å². The van der Waals surface area contributed by atoms with E-state index in [-0.39, 0.29) is 17.7 Å². The number of amides is 2. The first-order valence-corrected chi connectivity index (χ1v) is 9.79. The van der Waals surface area contributed by atoms with Crippen LogP contribution in [0.3, 0.4) is 0 Å². The molecule has 0 spiro atoms. The number of nitrogens with two attached hydrogens (primary N) is 1. The summed E-state index contributed by atoms with van der Waals surface area (Å²) in [7, 11) is 0. The molecule has 1 aliphatic heterocycles. The number of para-hydroxylation sites is 1. The molecule has 138 valence electrons. The van der Waals surface area contributed by atoms with Crippen molar-refractivity contribution in [2.24, 2.45) is 11.7 Å². The fourth-order valence-electron chi connectivity index (χ4n) is 3.40. The van der Waals surface area contributed by atoms with Gasteiger partial charge in [-0.05, 0) is 36.4 Å². The highest BCUT2D eigenvalue weighted by molar-refractivity contribution is 7.13. The van der Waals surface area contributed by atoms with Crippen LogP contribution in [-0.4, -0.2) is 39.6 Å². The fourth-order valence-corrected chi connectivity index (χ4v) is 4.13. The molecular weight excluding hydrogens is 360 g/mol. The summed E-state index contributed by atoms with van der Waals surface area (Å²) in [5.41, 5.74) is 7.57. The zero-order chi connectivity index (χ0) is 18.8. The van der Waals surface area contributed by atoms with Gasteiger partial charge in [0.2, 0.25) is 5.91 Å². The number of rotatable bonds is 4. The van der Waals surface area contributed by atoms with Crippen molar-refractivity contribution in [1.82, 2.24) is 14.7 Å². The molecule has 3 heterocycles. The normalized spacial score (nSPS) is 17.0. The molecule has 0 radical (unpaired) electrons. The Morgan fingerprint density at radius 1 is 1.15 bits per heavy atom. The van der Waals surface area contributed by atoms with Gasteiger partial charge in [-0.25, -0.2) is 4.68 Å². The maximum absolute atomic E-state index is 13.3. The Labute approximate surface area is 161 Å². The van der Waals surface area contributed by atoms with Gasteiger partial charge in [-0.15, -0.1) is 11.3 Å². The molecule has 1 atom stereocenters. The predicted octanol–water partition coefficient (Wildman–Crippen LogP) is 2.94. The lowest BCUT2D eigenvalue weighted by atomic mass is 9.97. The van der Waals surface area contributed by atoms with Crippen LogP contribution in [-0.2, 0) is 4.79 Å². The third kappa shape index (κ3) is 3.50. The van der Waals surface area contributed by atoms with Crippen LogP contribution < -0.4 is 5.73 Å². The number of aromatic nitrogens is 2. The molecule has 1 saturated heterocycles. The number of piperidine rings is 1. The molecule has 1 aliphatic rings. The Hall–Kier alpha value is -2.93. The maximum atomic E-state index is 13.3. The minimum atomic E-state index is -0.342. The highest BCUT2D eigenvalue weighted by Crippen LogP contribution is 2.29. The van der Waals surface area contributed by atoms with E-state index in [9.17, 15) is 9.59 Å². The molecule has 6 nitrogen and oxygen atoms in total. The van der Waals surface area contributed by atoms with E-state index in [1.165, 1.54) is 0 Å². The zero-order valence-electron chi connectivity index (χ0n) is 14.7. The summed E-state index contributed by atoms with van der Waals surface area (Å²) in [5, 5.41) is 6.65. The Balaban J connectivity index is 1.71. The number of likely N-dealkylation sites (tertiary alicyclic amines) is 1. The number of hydrogen-bond donors (Lipinski definition) is 1. The second-order valence-electron chi connectivity index (χ2n) is 6.64. The maximum Gasteiger partial charge on any atom is 0.257 e. The van der Waals surface area contributed by atoms with Crippen LogP contribution in [0.25, 0.3) is 16.3 Å². The smallest absolute Gasteiger partial charge is 0.257 e. The summed E-state index contributed by atoms with van der Waals surface area (Å²) in [4.78, 5) is 27.5. The molecule has 27 heavy (non-hydrogen) atoms. The van der Waals surface area contributed by atoms with E-state index in [4.69, 9.17) is 5.73 Å². The van der Waals surface area contributed by atoms with E-state index in [0.717, 1.165) is 23.4 Å². The van der Waals surface area contributed by atoms with Crippen LogP contribution in [0, 0.1) is 5.92 Å². The van der Waals surface area contributed by atoms with E-state index < -0.39 is 0 Å². The van der Waals surface area contributed by atoms with Crippen molar-refractivity contribution in [3.63, 3.8) is 0 Å². The van der Waals surface area contributed by atoms with Crippen molar-refractivity contribution in [1.29, 1.82) is 0 Å². The average Bonchev–Trinajstić information content (AvgIpc) is 3.38.